The molecule has 0 radical (unpaired) electrons. The second-order valence-electron chi connectivity index (χ2n) is 5.48. The first-order valence-corrected chi connectivity index (χ1v) is 7.22. The molecule has 2 aromatic rings. The maximum Gasteiger partial charge on any atom is 0.145 e. The summed E-state index contributed by atoms with van der Waals surface area (Å²) in [5.41, 5.74) is 6.62. The van der Waals surface area contributed by atoms with Crippen LogP contribution in [0.5, 0.6) is 5.75 Å². The number of anilines is 1. The largest absolute Gasteiger partial charge is 0.491 e. The van der Waals surface area contributed by atoms with E-state index in [1.54, 1.807) is 0 Å². The normalized spacial score (nSPS) is 19.6. The molecule has 1 aliphatic heterocycles. The molecule has 1 saturated heterocycles. The fraction of sp³-hybridized carbons (Fsp3) is 0.438. The quantitative estimate of drug-likeness (QED) is 0.929. The first-order valence-electron chi connectivity index (χ1n) is 7.22. The molecule has 2 heterocycles. The van der Waals surface area contributed by atoms with Crippen molar-refractivity contribution in [3.8, 4) is 5.75 Å². The van der Waals surface area contributed by atoms with Gasteiger partial charge in [-0.3, -0.25) is 0 Å². The van der Waals surface area contributed by atoms with Crippen LogP contribution in [0.1, 0.15) is 19.3 Å². The Morgan fingerprint density at radius 3 is 3.05 bits per heavy atom. The Morgan fingerprint density at radius 1 is 1.35 bits per heavy atom. The maximum atomic E-state index is 5.94. The lowest BCUT2D eigenvalue weighted by atomic mass is 10.1. The van der Waals surface area contributed by atoms with Crippen molar-refractivity contribution in [2.24, 2.45) is 0 Å². The first kappa shape index (κ1) is 13.2. The highest BCUT2D eigenvalue weighted by atomic mass is 16.5. The Labute approximate surface area is 119 Å². The van der Waals surface area contributed by atoms with E-state index in [0.717, 1.165) is 29.7 Å². The minimum atomic E-state index is 0.532. The Balaban J connectivity index is 1.69. The van der Waals surface area contributed by atoms with Crippen LogP contribution in [-0.2, 0) is 0 Å². The van der Waals surface area contributed by atoms with Crippen molar-refractivity contribution in [1.82, 2.24) is 9.88 Å². The van der Waals surface area contributed by atoms with Crippen LogP contribution in [0.3, 0.4) is 0 Å². The van der Waals surface area contributed by atoms with E-state index in [0.29, 0.717) is 11.9 Å². The number of ether oxygens (including phenoxy) is 1. The number of aromatic nitrogens is 1. The lowest BCUT2D eigenvalue weighted by Gasteiger charge is -2.19. The van der Waals surface area contributed by atoms with E-state index >= 15 is 0 Å². The predicted octanol–water partition coefficient (Wildman–Crippen LogP) is 2.68. The van der Waals surface area contributed by atoms with Gasteiger partial charge in [0.1, 0.15) is 17.1 Å². The number of fused-ring (bicyclic) bond motifs is 1. The van der Waals surface area contributed by atoms with Gasteiger partial charge in [0.15, 0.2) is 0 Å². The summed E-state index contributed by atoms with van der Waals surface area (Å²) in [5, 5.41) is 1.06. The molecule has 1 atom stereocenters. The fourth-order valence-electron chi connectivity index (χ4n) is 2.90. The Morgan fingerprint density at radius 2 is 2.25 bits per heavy atom. The van der Waals surface area contributed by atoms with Crippen LogP contribution in [0.4, 0.5) is 5.82 Å². The topological polar surface area (TPSA) is 51.4 Å². The van der Waals surface area contributed by atoms with Crippen LogP contribution in [-0.4, -0.2) is 36.1 Å². The average molecular weight is 271 g/mol. The summed E-state index contributed by atoms with van der Waals surface area (Å²) < 4.78 is 5.94. The fourth-order valence-corrected chi connectivity index (χ4v) is 2.90. The van der Waals surface area contributed by atoms with Gasteiger partial charge in [0.2, 0.25) is 0 Å². The van der Waals surface area contributed by atoms with E-state index < -0.39 is 0 Å². The first-order chi connectivity index (χ1) is 9.74. The van der Waals surface area contributed by atoms with Crippen molar-refractivity contribution < 1.29 is 4.74 Å². The third kappa shape index (κ3) is 2.70. The van der Waals surface area contributed by atoms with Gasteiger partial charge in [0.25, 0.3) is 0 Å². The van der Waals surface area contributed by atoms with Gasteiger partial charge in [0, 0.05) is 11.4 Å². The summed E-state index contributed by atoms with van der Waals surface area (Å²) in [6.07, 6.45) is 3.64. The van der Waals surface area contributed by atoms with E-state index in [-0.39, 0.29) is 0 Å². The Kier molecular flexibility index (Phi) is 3.74. The van der Waals surface area contributed by atoms with Crippen molar-refractivity contribution in [3.63, 3.8) is 0 Å². The van der Waals surface area contributed by atoms with Crippen molar-refractivity contribution in [2.75, 3.05) is 25.9 Å². The standard InChI is InChI=1S/C16H21N3O/c1-19-10-3-5-13(19)9-11-20-14-6-2-4-12-7-8-15(17)18-16(12)14/h2,4,6-8,13H,3,5,9-11H2,1H3,(H2,17,18). The van der Waals surface area contributed by atoms with Gasteiger partial charge in [-0.05, 0) is 51.1 Å². The molecule has 1 fully saturated rings. The number of pyridine rings is 1. The van der Waals surface area contributed by atoms with Crippen molar-refractivity contribution in [2.45, 2.75) is 25.3 Å². The molecule has 2 N–H and O–H groups in total. The predicted molar refractivity (Wildman–Crippen MR) is 81.9 cm³/mol. The monoisotopic (exact) mass is 271 g/mol. The van der Waals surface area contributed by atoms with E-state index in [9.17, 15) is 0 Å². The number of para-hydroxylation sites is 1. The van der Waals surface area contributed by atoms with E-state index in [1.807, 2.05) is 30.3 Å². The van der Waals surface area contributed by atoms with Crippen LogP contribution in [0.15, 0.2) is 30.3 Å². The average Bonchev–Trinajstić information content (AvgIpc) is 2.85. The van der Waals surface area contributed by atoms with Gasteiger partial charge in [-0.25, -0.2) is 4.98 Å². The van der Waals surface area contributed by atoms with Crippen molar-refractivity contribution >= 4 is 16.7 Å². The zero-order valence-corrected chi connectivity index (χ0v) is 11.9. The number of hydrogen-bond donors (Lipinski definition) is 1. The number of rotatable bonds is 4. The summed E-state index contributed by atoms with van der Waals surface area (Å²) in [6, 6.07) is 10.4. The van der Waals surface area contributed by atoms with Crippen LogP contribution in [0, 0.1) is 0 Å². The third-order valence-electron chi connectivity index (χ3n) is 4.08. The molecule has 4 heteroatoms. The highest BCUT2D eigenvalue weighted by Crippen LogP contribution is 2.25. The molecule has 20 heavy (non-hydrogen) atoms. The SMILES string of the molecule is CN1CCCC1CCOc1cccc2ccc(N)nc12. The van der Waals surface area contributed by atoms with Crippen LogP contribution < -0.4 is 10.5 Å². The number of nitrogens with zero attached hydrogens (tertiary/aromatic N) is 2. The molecule has 0 bridgehead atoms. The second kappa shape index (κ2) is 5.67. The van der Waals surface area contributed by atoms with Crippen LogP contribution in [0.25, 0.3) is 10.9 Å². The van der Waals surface area contributed by atoms with Gasteiger partial charge >= 0.3 is 0 Å². The van der Waals surface area contributed by atoms with Crippen LogP contribution in [0.2, 0.25) is 0 Å². The molecule has 0 amide bonds. The summed E-state index contributed by atoms with van der Waals surface area (Å²) in [7, 11) is 2.19. The third-order valence-corrected chi connectivity index (χ3v) is 4.08. The Hall–Kier alpha value is -1.81. The summed E-state index contributed by atoms with van der Waals surface area (Å²) in [6.45, 7) is 1.93. The lowest BCUT2D eigenvalue weighted by molar-refractivity contribution is 0.234. The second-order valence-corrected chi connectivity index (χ2v) is 5.48. The zero-order chi connectivity index (χ0) is 13.9. The summed E-state index contributed by atoms with van der Waals surface area (Å²) >= 11 is 0. The Bertz CT molecular complexity index is 599. The number of nitrogen functional groups attached to an aromatic ring is 1. The van der Waals surface area contributed by atoms with Gasteiger partial charge in [0.05, 0.1) is 6.61 Å². The molecule has 1 aliphatic rings. The van der Waals surface area contributed by atoms with E-state index in [2.05, 4.69) is 16.9 Å². The summed E-state index contributed by atoms with van der Waals surface area (Å²) in [4.78, 5) is 6.80. The molecule has 4 nitrogen and oxygen atoms in total. The van der Waals surface area contributed by atoms with Crippen molar-refractivity contribution in [1.29, 1.82) is 0 Å². The molecule has 106 valence electrons. The molecule has 1 aromatic carbocycles. The van der Waals surface area contributed by atoms with Crippen LogP contribution >= 0.6 is 0 Å². The lowest BCUT2D eigenvalue weighted by Crippen LogP contribution is -2.26. The number of hydrogen-bond acceptors (Lipinski definition) is 4. The maximum absolute atomic E-state index is 5.94. The molecule has 1 unspecified atom stereocenters. The molecule has 1 aromatic heterocycles. The molecule has 0 saturated carbocycles. The van der Waals surface area contributed by atoms with E-state index in [1.165, 1.54) is 19.4 Å². The van der Waals surface area contributed by atoms with Gasteiger partial charge in [-0.2, -0.15) is 0 Å². The number of nitrogens with two attached hydrogens (primary N) is 1. The van der Waals surface area contributed by atoms with Crippen molar-refractivity contribution in [3.05, 3.63) is 30.3 Å². The van der Waals surface area contributed by atoms with Gasteiger partial charge in [-0.15, -0.1) is 0 Å². The van der Waals surface area contributed by atoms with E-state index in [4.69, 9.17) is 10.5 Å². The molecule has 3 rings (SSSR count). The highest BCUT2D eigenvalue weighted by Gasteiger charge is 2.20. The number of benzene rings is 1. The summed E-state index contributed by atoms with van der Waals surface area (Å²) in [5.74, 6) is 1.36. The number of likely N-dealkylation sites (tertiary alicyclic amines) is 1. The molecule has 0 aliphatic carbocycles. The zero-order valence-electron chi connectivity index (χ0n) is 11.9. The molecular weight excluding hydrogens is 250 g/mol. The molecular formula is C16H21N3O. The highest BCUT2D eigenvalue weighted by molar-refractivity contribution is 5.85. The van der Waals surface area contributed by atoms with Gasteiger partial charge < -0.3 is 15.4 Å². The minimum absolute atomic E-state index is 0.532. The minimum Gasteiger partial charge on any atom is -0.491 e. The molecule has 0 spiro atoms. The van der Waals surface area contributed by atoms with Gasteiger partial charge in [-0.1, -0.05) is 12.1 Å². The smallest absolute Gasteiger partial charge is 0.145 e.